The normalized spacial score (nSPS) is 10.7. The standard InChI is InChI=1S/C21H24N4/c1-15(2)23-20-13-19(17-10-5-4-6-11-17)24-21(25-20)22-14-18-12-8-7-9-16(18)3/h4-13,15H,14H2,1-3H3,(H2,22,23,24,25). The highest BCUT2D eigenvalue weighted by atomic mass is 15.1. The summed E-state index contributed by atoms with van der Waals surface area (Å²) in [5.74, 6) is 1.46. The van der Waals surface area contributed by atoms with Gasteiger partial charge in [0.1, 0.15) is 5.82 Å². The number of hydrogen-bond acceptors (Lipinski definition) is 4. The van der Waals surface area contributed by atoms with Crippen LogP contribution in [0.15, 0.2) is 60.7 Å². The molecule has 0 spiro atoms. The summed E-state index contributed by atoms with van der Waals surface area (Å²) < 4.78 is 0. The smallest absolute Gasteiger partial charge is 0.225 e. The van der Waals surface area contributed by atoms with E-state index < -0.39 is 0 Å². The SMILES string of the molecule is Cc1ccccc1CNc1nc(NC(C)C)cc(-c2ccccc2)n1. The first-order valence-electron chi connectivity index (χ1n) is 8.61. The number of anilines is 2. The van der Waals surface area contributed by atoms with Gasteiger partial charge in [-0.2, -0.15) is 4.98 Å². The van der Waals surface area contributed by atoms with E-state index in [4.69, 9.17) is 4.98 Å². The molecule has 3 aromatic rings. The summed E-state index contributed by atoms with van der Waals surface area (Å²) >= 11 is 0. The minimum absolute atomic E-state index is 0.308. The predicted molar refractivity (Wildman–Crippen MR) is 105 cm³/mol. The number of aryl methyl sites for hydroxylation is 1. The highest BCUT2D eigenvalue weighted by Crippen LogP contribution is 2.22. The Balaban J connectivity index is 1.88. The monoisotopic (exact) mass is 332 g/mol. The first-order valence-corrected chi connectivity index (χ1v) is 8.61. The number of aromatic nitrogens is 2. The topological polar surface area (TPSA) is 49.8 Å². The Kier molecular flexibility index (Phi) is 5.29. The fraction of sp³-hybridized carbons (Fsp3) is 0.238. The van der Waals surface area contributed by atoms with Crippen LogP contribution in [0.4, 0.5) is 11.8 Å². The summed E-state index contributed by atoms with van der Waals surface area (Å²) in [6, 6.07) is 20.8. The maximum Gasteiger partial charge on any atom is 0.225 e. The van der Waals surface area contributed by atoms with Gasteiger partial charge in [-0.05, 0) is 31.9 Å². The number of nitrogens with zero attached hydrogens (tertiary/aromatic N) is 2. The van der Waals surface area contributed by atoms with Crippen LogP contribution in [0.5, 0.6) is 0 Å². The molecule has 0 aliphatic heterocycles. The molecule has 128 valence electrons. The first-order chi connectivity index (χ1) is 12.1. The fourth-order valence-corrected chi connectivity index (χ4v) is 2.64. The molecule has 3 rings (SSSR count). The van der Waals surface area contributed by atoms with Gasteiger partial charge in [0.2, 0.25) is 5.95 Å². The summed E-state index contributed by atoms with van der Waals surface area (Å²) in [6.07, 6.45) is 0. The van der Waals surface area contributed by atoms with Gasteiger partial charge in [0.25, 0.3) is 0 Å². The van der Waals surface area contributed by atoms with Crippen molar-refractivity contribution in [3.8, 4) is 11.3 Å². The number of nitrogens with one attached hydrogen (secondary N) is 2. The van der Waals surface area contributed by atoms with Crippen LogP contribution in [0, 0.1) is 6.92 Å². The van der Waals surface area contributed by atoms with Crippen molar-refractivity contribution in [2.75, 3.05) is 10.6 Å². The molecule has 0 atom stereocenters. The van der Waals surface area contributed by atoms with Gasteiger partial charge in [0.15, 0.2) is 0 Å². The summed E-state index contributed by atoms with van der Waals surface area (Å²) in [4.78, 5) is 9.30. The maximum absolute atomic E-state index is 4.69. The fourth-order valence-electron chi connectivity index (χ4n) is 2.64. The minimum atomic E-state index is 0.308. The molecular formula is C21H24N4. The van der Waals surface area contributed by atoms with E-state index in [1.807, 2.05) is 24.3 Å². The number of benzene rings is 2. The molecule has 0 aliphatic carbocycles. The Labute approximate surface area is 149 Å². The molecule has 0 radical (unpaired) electrons. The molecule has 0 saturated heterocycles. The molecule has 0 amide bonds. The van der Waals surface area contributed by atoms with Crippen molar-refractivity contribution in [2.45, 2.75) is 33.4 Å². The van der Waals surface area contributed by atoms with Gasteiger partial charge in [-0.1, -0.05) is 54.6 Å². The van der Waals surface area contributed by atoms with Gasteiger partial charge in [0.05, 0.1) is 5.69 Å². The van der Waals surface area contributed by atoms with E-state index in [0.717, 1.165) is 17.1 Å². The lowest BCUT2D eigenvalue weighted by molar-refractivity contribution is 0.885. The molecule has 0 bridgehead atoms. The molecule has 1 heterocycles. The third-order valence-electron chi connectivity index (χ3n) is 3.93. The van der Waals surface area contributed by atoms with Crippen LogP contribution in [0.3, 0.4) is 0 Å². The lowest BCUT2D eigenvalue weighted by atomic mass is 10.1. The van der Waals surface area contributed by atoms with Gasteiger partial charge in [-0.25, -0.2) is 4.98 Å². The molecule has 0 aliphatic rings. The van der Waals surface area contributed by atoms with Crippen molar-refractivity contribution in [2.24, 2.45) is 0 Å². The van der Waals surface area contributed by atoms with Crippen molar-refractivity contribution in [1.29, 1.82) is 0 Å². The highest BCUT2D eigenvalue weighted by Gasteiger charge is 2.08. The van der Waals surface area contributed by atoms with Crippen molar-refractivity contribution < 1.29 is 0 Å². The van der Waals surface area contributed by atoms with E-state index in [0.29, 0.717) is 18.5 Å². The minimum Gasteiger partial charge on any atom is -0.368 e. The molecule has 0 saturated carbocycles. The molecule has 0 unspecified atom stereocenters. The zero-order valence-electron chi connectivity index (χ0n) is 15.0. The predicted octanol–water partition coefficient (Wildman–Crippen LogP) is 4.88. The molecule has 2 aromatic carbocycles. The van der Waals surface area contributed by atoms with Crippen molar-refractivity contribution >= 4 is 11.8 Å². The second kappa shape index (κ2) is 7.79. The Hall–Kier alpha value is -2.88. The molecule has 2 N–H and O–H groups in total. The van der Waals surface area contributed by atoms with Crippen LogP contribution in [0.1, 0.15) is 25.0 Å². The number of hydrogen-bond donors (Lipinski definition) is 2. The van der Waals surface area contributed by atoms with Gasteiger partial charge in [-0.15, -0.1) is 0 Å². The van der Waals surface area contributed by atoms with Crippen LogP contribution in [-0.2, 0) is 6.54 Å². The van der Waals surface area contributed by atoms with E-state index in [2.05, 4.69) is 72.8 Å². The average molecular weight is 332 g/mol. The van der Waals surface area contributed by atoms with E-state index in [9.17, 15) is 0 Å². The van der Waals surface area contributed by atoms with Crippen molar-refractivity contribution in [3.05, 3.63) is 71.8 Å². The zero-order valence-corrected chi connectivity index (χ0v) is 15.0. The molecular weight excluding hydrogens is 308 g/mol. The first kappa shape index (κ1) is 17.0. The maximum atomic E-state index is 4.69. The summed E-state index contributed by atoms with van der Waals surface area (Å²) in [5.41, 5.74) is 4.49. The van der Waals surface area contributed by atoms with Crippen LogP contribution in [-0.4, -0.2) is 16.0 Å². The van der Waals surface area contributed by atoms with Crippen LogP contribution >= 0.6 is 0 Å². The van der Waals surface area contributed by atoms with Crippen LogP contribution < -0.4 is 10.6 Å². The molecule has 4 nitrogen and oxygen atoms in total. The Morgan fingerprint density at radius 2 is 1.64 bits per heavy atom. The number of rotatable bonds is 6. The largest absolute Gasteiger partial charge is 0.368 e. The van der Waals surface area contributed by atoms with E-state index in [-0.39, 0.29) is 0 Å². The Morgan fingerprint density at radius 1 is 0.920 bits per heavy atom. The second-order valence-corrected chi connectivity index (χ2v) is 6.41. The Morgan fingerprint density at radius 3 is 2.36 bits per heavy atom. The third-order valence-corrected chi connectivity index (χ3v) is 3.93. The van der Waals surface area contributed by atoms with E-state index in [1.54, 1.807) is 0 Å². The van der Waals surface area contributed by atoms with Crippen LogP contribution in [0.2, 0.25) is 0 Å². The average Bonchev–Trinajstić information content (AvgIpc) is 2.61. The lowest BCUT2D eigenvalue weighted by Gasteiger charge is -2.14. The zero-order chi connectivity index (χ0) is 17.6. The summed E-state index contributed by atoms with van der Waals surface area (Å²) in [6.45, 7) is 7.02. The van der Waals surface area contributed by atoms with Crippen molar-refractivity contribution in [1.82, 2.24) is 9.97 Å². The second-order valence-electron chi connectivity index (χ2n) is 6.41. The van der Waals surface area contributed by atoms with Crippen LogP contribution in [0.25, 0.3) is 11.3 Å². The van der Waals surface area contributed by atoms with E-state index >= 15 is 0 Å². The van der Waals surface area contributed by atoms with Gasteiger partial charge < -0.3 is 10.6 Å². The third kappa shape index (κ3) is 4.57. The van der Waals surface area contributed by atoms with Gasteiger partial charge in [0, 0.05) is 24.2 Å². The quantitative estimate of drug-likeness (QED) is 0.675. The van der Waals surface area contributed by atoms with Gasteiger partial charge in [-0.3, -0.25) is 0 Å². The van der Waals surface area contributed by atoms with Crippen molar-refractivity contribution in [3.63, 3.8) is 0 Å². The Bertz CT molecular complexity index is 828. The molecule has 0 fully saturated rings. The molecule has 1 aromatic heterocycles. The lowest BCUT2D eigenvalue weighted by Crippen LogP contribution is -2.13. The molecule has 25 heavy (non-hydrogen) atoms. The molecule has 4 heteroatoms. The van der Waals surface area contributed by atoms with Gasteiger partial charge >= 0.3 is 0 Å². The van der Waals surface area contributed by atoms with E-state index in [1.165, 1.54) is 11.1 Å². The summed E-state index contributed by atoms with van der Waals surface area (Å²) in [7, 11) is 0. The summed E-state index contributed by atoms with van der Waals surface area (Å²) in [5, 5.41) is 6.74. The highest BCUT2D eigenvalue weighted by molar-refractivity contribution is 5.64.